The van der Waals surface area contributed by atoms with Crippen LogP contribution in [0.3, 0.4) is 0 Å². The minimum atomic E-state index is 0.0490. The van der Waals surface area contributed by atoms with Crippen molar-refractivity contribution in [1.29, 1.82) is 0 Å². The molecule has 0 aromatic heterocycles. The first kappa shape index (κ1) is 16.1. The predicted octanol–water partition coefficient (Wildman–Crippen LogP) is 4.10. The lowest BCUT2D eigenvalue weighted by Crippen LogP contribution is -2.19. The molecule has 4 heteroatoms. The number of ketones is 1. The monoisotopic (exact) mass is 305 g/mol. The third-order valence-corrected chi connectivity index (χ3v) is 4.65. The highest BCUT2D eigenvalue weighted by atomic mass is 32.2. The molecule has 1 N–H and O–H groups in total. The van der Waals surface area contributed by atoms with Crippen molar-refractivity contribution in [2.75, 3.05) is 11.4 Å². The van der Waals surface area contributed by atoms with Gasteiger partial charge in [0.25, 0.3) is 0 Å². The number of aliphatic hydroxyl groups excluding tert-OH is 1. The van der Waals surface area contributed by atoms with Crippen molar-refractivity contribution in [3.63, 3.8) is 0 Å². The van der Waals surface area contributed by atoms with Gasteiger partial charge in [-0.05, 0) is 31.0 Å². The number of aliphatic hydroxyl groups is 1. The van der Waals surface area contributed by atoms with E-state index in [0.29, 0.717) is 0 Å². The maximum atomic E-state index is 11.4. The molecular formula is C17H23NO2S. The molecule has 0 fully saturated rings. The Labute approximate surface area is 131 Å². The molecule has 21 heavy (non-hydrogen) atoms. The Balaban J connectivity index is 2.21. The third-order valence-electron chi connectivity index (χ3n) is 3.54. The van der Waals surface area contributed by atoms with Gasteiger partial charge in [0.1, 0.15) is 0 Å². The average molecular weight is 305 g/mol. The van der Waals surface area contributed by atoms with Crippen molar-refractivity contribution < 1.29 is 9.90 Å². The molecule has 0 saturated heterocycles. The van der Waals surface area contributed by atoms with Crippen molar-refractivity contribution >= 4 is 23.2 Å². The summed E-state index contributed by atoms with van der Waals surface area (Å²) in [4.78, 5) is 14.8. The van der Waals surface area contributed by atoms with E-state index >= 15 is 0 Å². The third kappa shape index (κ3) is 4.11. The van der Waals surface area contributed by atoms with Gasteiger partial charge >= 0.3 is 0 Å². The molecular weight excluding hydrogens is 282 g/mol. The number of hydrogen-bond acceptors (Lipinski definition) is 4. The number of hydrogen-bond donors (Lipinski definition) is 1. The molecule has 0 atom stereocenters. The van der Waals surface area contributed by atoms with E-state index in [9.17, 15) is 9.90 Å². The van der Waals surface area contributed by atoms with Gasteiger partial charge in [-0.25, -0.2) is 0 Å². The highest BCUT2D eigenvalue weighted by Gasteiger charge is 2.25. The molecule has 3 nitrogen and oxygen atoms in total. The van der Waals surface area contributed by atoms with Crippen molar-refractivity contribution in [2.45, 2.75) is 51.0 Å². The van der Waals surface area contributed by atoms with E-state index in [-0.39, 0.29) is 12.4 Å². The number of allylic oxidation sites excluding steroid dienone is 1. The molecule has 1 aromatic rings. The van der Waals surface area contributed by atoms with Crippen molar-refractivity contribution in [3.8, 4) is 0 Å². The number of nitrogens with zero attached hydrogens (tertiary/aromatic N) is 1. The van der Waals surface area contributed by atoms with Gasteiger partial charge in [0, 0.05) is 17.5 Å². The standard InChI is InChI=1S/C17H23NO2S/c1-3-4-5-6-9-18-15-11-14(12-19)7-8-16(15)21-17(18)10-13(2)20/h7-8,10-11,19H,3-6,9,12H2,1-2H3/b17-10-. The Morgan fingerprint density at radius 2 is 2.14 bits per heavy atom. The van der Waals surface area contributed by atoms with Crippen LogP contribution in [0.1, 0.15) is 45.1 Å². The molecule has 1 aromatic carbocycles. The quantitative estimate of drug-likeness (QED) is 0.608. The lowest BCUT2D eigenvalue weighted by Gasteiger charge is -2.20. The summed E-state index contributed by atoms with van der Waals surface area (Å²) in [6.07, 6.45) is 6.50. The SMILES string of the molecule is CCCCCCN1/C(=C/C(C)=O)Sc2ccc(CO)cc21. The van der Waals surface area contributed by atoms with Crippen molar-refractivity contribution in [3.05, 3.63) is 34.9 Å². The average Bonchev–Trinajstić information content (AvgIpc) is 2.79. The number of carbonyl (C=O) groups is 1. The van der Waals surface area contributed by atoms with Gasteiger partial charge in [-0.1, -0.05) is 44.0 Å². The minimum Gasteiger partial charge on any atom is -0.392 e. The Morgan fingerprint density at radius 1 is 1.33 bits per heavy atom. The van der Waals surface area contributed by atoms with Crippen molar-refractivity contribution in [1.82, 2.24) is 0 Å². The summed E-state index contributed by atoms with van der Waals surface area (Å²) in [7, 11) is 0. The van der Waals surface area contributed by atoms with Crippen LogP contribution in [0.5, 0.6) is 0 Å². The maximum Gasteiger partial charge on any atom is 0.155 e. The van der Waals surface area contributed by atoms with E-state index in [2.05, 4.69) is 11.8 Å². The van der Waals surface area contributed by atoms with Crippen LogP contribution in [0.2, 0.25) is 0 Å². The fourth-order valence-corrected chi connectivity index (χ4v) is 3.61. The molecule has 1 aliphatic heterocycles. The number of unbranched alkanes of at least 4 members (excludes halogenated alkanes) is 3. The zero-order valence-electron chi connectivity index (χ0n) is 12.8. The van der Waals surface area contributed by atoms with Crippen LogP contribution in [-0.4, -0.2) is 17.4 Å². The number of thioether (sulfide) groups is 1. The van der Waals surface area contributed by atoms with Gasteiger partial charge < -0.3 is 10.0 Å². The van der Waals surface area contributed by atoms with E-state index in [1.807, 2.05) is 18.2 Å². The molecule has 2 rings (SSSR count). The minimum absolute atomic E-state index is 0.0490. The lowest BCUT2D eigenvalue weighted by molar-refractivity contribution is -0.112. The largest absolute Gasteiger partial charge is 0.392 e. The normalized spacial score (nSPS) is 15.6. The summed E-state index contributed by atoms with van der Waals surface area (Å²) in [5.74, 6) is 0.0752. The highest BCUT2D eigenvalue weighted by molar-refractivity contribution is 8.03. The topological polar surface area (TPSA) is 40.5 Å². The second-order valence-corrected chi connectivity index (χ2v) is 6.43. The number of benzene rings is 1. The van der Waals surface area contributed by atoms with E-state index in [1.54, 1.807) is 24.8 Å². The van der Waals surface area contributed by atoms with Crippen LogP contribution in [0.4, 0.5) is 5.69 Å². The Bertz CT molecular complexity index is 540. The van der Waals surface area contributed by atoms with E-state index in [0.717, 1.165) is 34.1 Å². The van der Waals surface area contributed by atoms with E-state index in [1.165, 1.54) is 19.3 Å². The summed E-state index contributed by atoms with van der Waals surface area (Å²) in [6.45, 7) is 4.77. The Kier molecular flexibility index (Phi) is 5.88. The van der Waals surface area contributed by atoms with Gasteiger partial charge in [0.15, 0.2) is 5.78 Å². The van der Waals surface area contributed by atoms with E-state index in [4.69, 9.17) is 0 Å². The maximum absolute atomic E-state index is 11.4. The first-order valence-corrected chi connectivity index (χ1v) is 8.38. The molecule has 0 aliphatic carbocycles. The molecule has 0 saturated carbocycles. The van der Waals surface area contributed by atoms with Crippen LogP contribution in [0, 0.1) is 0 Å². The van der Waals surface area contributed by atoms with Crippen molar-refractivity contribution in [2.24, 2.45) is 0 Å². The molecule has 0 bridgehead atoms. The lowest BCUT2D eigenvalue weighted by atomic mass is 10.1. The highest BCUT2D eigenvalue weighted by Crippen LogP contribution is 2.46. The summed E-state index contributed by atoms with van der Waals surface area (Å²) in [5.41, 5.74) is 2.03. The molecule has 0 unspecified atom stereocenters. The fourth-order valence-electron chi connectivity index (χ4n) is 2.45. The molecule has 1 heterocycles. The molecule has 1 aliphatic rings. The Morgan fingerprint density at radius 3 is 2.81 bits per heavy atom. The van der Waals surface area contributed by atoms with Gasteiger partial charge in [-0.2, -0.15) is 0 Å². The molecule has 114 valence electrons. The number of rotatable bonds is 7. The van der Waals surface area contributed by atoms with Gasteiger partial charge in [-0.3, -0.25) is 4.79 Å². The first-order chi connectivity index (χ1) is 10.2. The van der Waals surface area contributed by atoms with Crippen LogP contribution in [-0.2, 0) is 11.4 Å². The molecule has 0 spiro atoms. The molecule has 0 radical (unpaired) electrons. The van der Waals surface area contributed by atoms with Gasteiger partial charge in [0.2, 0.25) is 0 Å². The number of carbonyl (C=O) groups excluding carboxylic acids is 1. The second-order valence-electron chi connectivity index (χ2n) is 5.37. The van der Waals surface area contributed by atoms with Crippen LogP contribution in [0.25, 0.3) is 0 Å². The zero-order chi connectivity index (χ0) is 15.2. The summed E-state index contributed by atoms with van der Waals surface area (Å²) in [6, 6.07) is 6.01. The smallest absolute Gasteiger partial charge is 0.155 e. The number of anilines is 1. The van der Waals surface area contributed by atoms with Gasteiger partial charge in [-0.15, -0.1) is 0 Å². The van der Waals surface area contributed by atoms with Crippen LogP contribution >= 0.6 is 11.8 Å². The fraction of sp³-hybridized carbons (Fsp3) is 0.471. The zero-order valence-corrected chi connectivity index (χ0v) is 13.6. The Hall–Kier alpha value is -1.26. The summed E-state index contributed by atoms with van der Waals surface area (Å²) >= 11 is 1.64. The summed E-state index contributed by atoms with van der Waals surface area (Å²) in [5, 5.41) is 10.3. The predicted molar refractivity (Wildman–Crippen MR) is 88.5 cm³/mol. The van der Waals surface area contributed by atoms with Crippen LogP contribution in [0.15, 0.2) is 34.2 Å². The van der Waals surface area contributed by atoms with E-state index < -0.39 is 0 Å². The van der Waals surface area contributed by atoms with Gasteiger partial charge in [0.05, 0.1) is 17.3 Å². The summed E-state index contributed by atoms with van der Waals surface area (Å²) < 4.78 is 0. The van der Waals surface area contributed by atoms with Crippen LogP contribution < -0.4 is 4.90 Å². The second kappa shape index (κ2) is 7.66. The first-order valence-electron chi connectivity index (χ1n) is 7.57. The number of fused-ring (bicyclic) bond motifs is 1. The molecule has 0 amide bonds.